The maximum atomic E-state index is 11.0. The lowest BCUT2D eigenvalue weighted by molar-refractivity contribution is 0.383. The third-order valence-corrected chi connectivity index (χ3v) is 6.40. The van der Waals surface area contributed by atoms with Crippen LogP contribution in [0.1, 0.15) is 11.1 Å². The Hall–Kier alpha value is -4.88. The number of para-hydroxylation sites is 1. The van der Waals surface area contributed by atoms with Gasteiger partial charge in [0.15, 0.2) is 23.0 Å². The van der Waals surface area contributed by atoms with Crippen LogP contribution in [-0.4, -0.2) is 93.6 Å². The van der Waals surface area contributed by atoms with Crippen molar-refractivity contribution >= 4 is 23.8 Å². The quantitative estimate of drug-likeness (QED) is 0.163. The molecule has 0 saturated carbocycles. The highest BCUT2D eigenvalue weighted by Crippen LogP contribution is 2.41. The molecule has 0 saturated heterocycles. The van der Waals surface area contributed by atoms with Crippen molar-refractivity contribution in [3.05, 3.63) is 41.5 Å². The number of aromatic amines is 1. The van der Waals surface area contributed by atoms with Gasteiger partial charge in [-0.1, -0.05) is 12.1 Å². The minimum Gasteiger partial charge on any atom is -0.504 e. The van der Waals surface area contributed by atoms with Crippen LogP contribution in [0.3, 0.4) is 0 Å². The lowest BCUT2D eigenvalue weighted by Crippen LogP contribution is -2.21. The maximum absolute atomic E-state index is 11.0. The fourth-order valence-corrected chi connectivity index (χ4v) is 4.09. The van der Waals surface area contributed by atoms with Gasteiger partial charge in [0.2, 0.25) is 23.8 Å². The number of phenolic OH excluding ortho intramolecular Hbond substituents is 3. The van der Waals surface area contributed by atoms with E-state index in [0.29, 0.717) is 66.6 Å². The molecule has 14 heteroatoms. The van der Waals surface area contributed by atoms with Crippen molar-refractivity contribution < 1.29 is 20.1 Å². The molecule has 2 aromatic heterocycles. The molecule has 0 fully saturated rings. The fourth-order valence-electron chi connectivity index (χ4n) is 4.09. The predicted octanol–water partition coefficient (Wildman–Crippen LogP) is 2.31. The average Bonchev–Trinajstić information content (AvgIpc) is 3.56. The van der Waals surface area contributed by atoms with E-state index in [-0.39, 0.29) is 23.0 Å². The average molecular weight is 553 g/mol. The van der Waals surface area contributed by atoms with Crippen LogP contribution in [0.5, 0.6) is 28.7 Å². The molecular formula is C26H36N10O4. The summed E-state index contributed by atoms with van der Waals surface area (Å²) in [6, 6.07) is 8.17. The normalized spacial score (nSPS) is 10.9. The summed E-state index contributed by atoms with van der Waals surface area (Å²) in [6.07, 6.45) is 0.818. The van der Waals surface area contributed by atoms with Crippen molar-refractivity contribution in [1.82, 2.24) is 29.9 Å². The molecule has 14 nitrogen and oxygen atoms in total. The zero-order valence-corrected chi connectivity index (χ0v) is 23.5. The molecule has 2 aromatic carbocycles. The molecular weight excluding hydrogens is 516 g/mol. The number of nitrogens with zero attached hydrogens (tertiary/aromatic N) is 8. The predicted molar refractivity (Wildman–Crippen MR) is 153 cm³/mol. The number of aromatic nitrogens is 6. The van der Waals surface area contributed by atoms with E-state index >= 15 is 0 Å². The molecule has 0 radical (unpaired) electrons. The smallest absolute Gasteiger partial charge is 0.227 e. The Morgan fingerprint density at radius 3 is 2.27 bits per heavy atom. The Morgan fingerprint density at radius 1 is 0.850 bits per heavy atom. The van der Waals surface area contributed by atoms with Crippen LogP contribution in [-0.2, 0) is 19.9 Å². The van der Waals surface area contributed by atoms with Crippen LogP contribution in [0.25, 0.3) is 0 Å². The highest BCUT2D eigenvalue weighted by molar-refractivity contribution is 5.56. The third kappa shape index (κ3) is 6.06. The molecule has 4 aromatic rings. The number of hydrogen-bond donors (Lipinski definition) is 5. The number of likely N-dealkylation sites (N-methyl/N-ethyl adjacent to an activating group) is 1. The molecule has 0 aliphatic rings. The molecule has 0 atom stereocenters. The number of benzene rings is 2. The van der Waals surface area contributed by atoms with Crippen LogP contribution in [0, 0.1) is 0 Å². The summed E-state index contributed by atoms with van der Waals surface area (Å²) in [5.74, 6) is 2.51. The number of phenols is 3. The van der Waals surface area contributed by atoms with E-state index in [9.17, 15) is 15.3 Å². The molecule has 0 amide bonds. The van der Waals surface area contributed by atoms with Gasteiger partial charge in [0.25, 0.3) is 0 Å². The molecule has 2 heterocycles. The van der Waals surface area contributed by atoms with Crippen molar-refractivity contribution in [2.45, 2.75) is 12.8 Å². The van der Waals surface area contributed by atoms with E-state index < -0.39 is 0 Å². The summed E-state index contributed by atoms with van der Waals surface area (Å²) < 4.78 is 7.87. The van der Waals surface area contributed by atoms with E-state index in [2.05, 4.69) is 30.7 Å². The van der Waals surface area contributed by atoms with Gasteiger partial charge < -0.3 is 40.1 Å². The van der Waals surface area contributed by atoms with Gasteiger partial charge >= 0.3 is 0 Å². The first kappa shape index (κ1) is 28.1. The summed E-state index contributed by atoms with van der Waals surface area (Å²) in [5, 5.41) is 51.5. The van der Waals surface area contributed by atoms with Gasteiger partial charge in [0.1, 0.15) is 5.75 Å². The van der Waals surface area contributed by atoms with E-state index in [4.69, 9.17) is 4.74 Å². The van der Waals surface area contributed by atoms with Gasteiger partial charge in [-0.2, -0.15) is 0 Å². The molecule has 0 aliphatic carbocycles. The summed E-state index contributed by atoms with van der Waals surface area (Å²) in [5.41, 5.74) is 1.07. The second kappa shape index (κ2) is 11.9. The van der Waals surface area contributed by atoms with E-state index in [0.717, 1.165) is 0 Å². The van der Waals surface area contributed by atoms with Crippen LogP contribution >= 0.6 is 0 Å². The minimum atomic E-state index is -0.285. The molecule has 0 aliphatic heterocycles. The van der Waals surface area contributed by atoms with Gasteiger partial charge in [-0.3, -0.25) is 9.55 Å². The number of nitrogens with one attached hydrogen (secondary N) is 2. The molecule has 4 rings (SSSR count). The molecule has 0 bridgehead atoms. The SMILES string of the molecule is CN(C)c1nnc(N(C)CCc2cccc(Oc3ccc(O)c(O)c3CCNc3nnc(N(C)C)n3C)c2O)[nH]1. The van der Waals surface area contributed by atoms with Crippen molar-refractivity contribution in [3.63, 3.8) is 0 Å². The van der Waals surface area contributed by atoms with Gasteiger partial charge in [-0.05, 0) is 36.6 Å². The largest absolute Gasteiger partial charge is 0.504 e. The van der Waals surface area contributed by atoms with Gasteiger partial charge in [0.05, 0.1) is 0 Å². The number of aromatic hydroxyl groups is 3. The number of anilines is 4. The van der Waals surface area contributed by atoms with Crippen molar-refractivity contribution in [2.24, 2.45) is 7.05 Å². The summed E-state index contributed by atoms with van der Waals surface area (Å²) in [4.78, 5) is 8.73. The Balaban J connectivity index is 1.46. The zero-order valence-electron chi connectivity index (χ0n) is 23.5. The first-order valence-electron chi connectivity index (χ1n) is 12.7. The minimum absolute atomic E-state index is 0.00519. The zero-order chi connectivity index (χ0) is 29.0. The van der Waals surface area contributed by atoms with E-state index in [1.165, 1.54) is 6.07 Å². The van der Waals surface area contributed by atoms with Crippen LogP contribution in [0.4, 0.5) is 23.8 Å². The maximum Gasteiger partial charge on any atom is 0.227 e. The van der Waals surface area contributed by atoms with Gasteiger partial charge in [-0.15, -0.1) is 20.4 Å². The van der Waals surface area contributed by atoms with E-state index in [1.54, 1.807) is 18.2 Å². The summed E-state index contributed by atoms with van der Waals surface area (Å²) >= 11 is 0. The number of rotatable bonds is 12. The highest BCUT2D eigenvalue weighted by atomic mass is 16.5. The Morgan fingerprint density at radius 2 is 1.60 bits per heavy atom. The molecule has 40 heavy (non-hydrogen) atoms. The summed E-state index contributed by atoms with van der Waals surface area (Å²) in [6.45, 7) is 0.940. The van der Waals surface area contributed by atoms with Crippen LogP contribution < -0.4 is 24.8 Å². The topological polar surface area (TPSA) is 164 Å². The Labute approximate surface area is 232 Å². The van der Waals surface area contributed by atoms with Crippen molar-refractivity contribution in [3.8, 4) is 28.7 Å². The number of H-pyrrole nitrogens is 1. The highest BCUT2D eigenvalue weighted by Gasteiger charge is 2.18. The lowest BCUT2D eigenvalue weighted by atomic mass is 10.1. The first-order chi connectivity index (χ1) is 19.1. The molecule has 0 spiro atoms. The van der Waals surface area contributed by atoms with Crippen LogP contribution in [0.15, 0.2) is 30.3 Å². The Bertz CT molecular complexity index is 1450. The Kier molecular flexibility index (Phi) is 8.36. The van der Waals surface area contributed by atoms with Gasteiger partial charge in [-0.25, -0.2) is 0 Å². The fraction of sp³-hybridized carbons (Fsp3) is 0.385. The lowest BCUT2D eigenvalue weighted by Gasteiger charge is -2.18. The summed E-state index contributed by atoms with van der Waals surface area (Å²) in [7, 11) is 11.2. The van der Waals surface area contributed by atoms with E-state index in [1.807, 2.05) is 67.6 Å². The number of ether oxygens (including phenoxy) is 1. The monoisotopic (exact) mass is 552 g/mol. The number of hydrogen-bond acceptors (Lipinski definition) is 12. The molecule has 5 N–H and O–H groups in total. The second-order valence-corrected chi connectivity index (χ2v) is 9.77. The molecule has 214 valence electrons. The van der Waals surface area contributed by atoms with Crippen LogP contribution in [0.2, 0.25) is 0 Å². The third-order valence-electron chi connectivity index (χ3n) is 6.40. The standard InChI is InChI=1S/C26H36N10O4/c1-33(2)24-28-25(31-30-24)35(5)15-13-16-8-7-9-20(21(16)38)40-19-11-10-18(37)22(39)17(19)12-14-27-23-29-32-26(34(3)4)36(23)6/h7-11,37-39H,12-15H2,1-6H3,(H,27,29)(H,28,30,31). The molecule has 0 unspecified atom stereocenters. The first-order valence-corrected chi connectivity index (χ1v) is 12.7. The van der Waals surface area contributed by atoms with Crippen molar-refractivity contribution in [1.29, 1.82) is 0 Å². The second-order valence-electron chi connectivity index (χ2n) is 9.77. The van der Waals surface area contributed by atoms with Gasteiger partial charge in [0, 0.05) is 60.9 Å². The van der Waals surface area contributed by atoms with Crippen molar-refractivity contribution in [2.75, 3.05) is 68.3 Å².